The fraction of sp³-hybridized carbons (Fsp3) is 0.909. The van der Waals surface area contributed by atoms with Crippen molar-refractivity contribution < 1.29 is 4.79 Å². The van der Waals surface area contributed by atoms with Crippen molar-refractivity contribution in [3.05, 3.63) is 0 Å². The van der Waals surface area contributed by atoms with Crippen LogP contribution in [-0.2, 0) is 4.79 Å². The Morgan fingerprint density at radius 3 is 2.77 bits per heavy atom. The van der Waals surface area contributed by atoms with Crippen molar-refractivity contribution in [2.45, 2.75) is 44.6 Å². The maximum atomic E-state index is 10.5. The first kappa shape index (κ1) is 9.20. The van der Waals surface area contributed by atoms with E-state index in [1.54, 1.807) is 0 Å². The summed E-state index contributed by atoms with van der Waals surface area (Å²) in [5, 5.41) is 0. The Morgan fingerprint density at radius 1 is 1.15 bits per heavy atom. The highest BCUT2D eigenvalue weighted by Gasteiger charge is 2.32. The van der Waals surface area contributed by atoms with Crippen LogP contribution in [0.25, 0.3) is 0 Å². The molecule has 0 N–H and O–H groups in total. The van der Waals surface area contributed by atoms with Crippen molar-refractivity contribution in [1.82, 2.24) is 4.90 Å². The van der Waals surface area contributed by atoms with Crippen LogP contribution >= 0.6 is 0 Å². The van der Waals surface area contributed by atoms with Gasteiger partial charge in [0, 0.05) is 6.04 Å². The number of piperidine rings is 1. The summed E-state index contributed by atoms with van der Waals surface area (Å²) >= 11 is 0. The van der Waals surface area contributed by atoms with Crippen molar-refractivity contribution in [3.63, 3.8) is 0 Å². The number of likely N-dealkylation sites (tertiary alicyclic amines) is 1. The molecule has 1 saturated heterocycles. The van der Waals surface area contributed by atoms with Crippen molar-refractivity contribution in [3.8, 4) is 0 Å². The molecule has 0 bridgehead atoms. The first-order valence-corrected chi connectivity index (χ1v) is 5.59. The molecule has 1 aliphatic heterocycles. The van der Waals surface area contributed by atoms with Gasteiger partial charge in [-0.3, -0.25) is 4.90 Å². The van der Waals surface area contributed by atoms with Crippen LogP contribution in [0.1, 0.15) is 38.5 Å². The third kappa shape index (κ3) is 1.93. The lowest BCUT2D eigenvalue weighted by molar-refractivity contribution is -0.110. The fourth-order valence-electron chi connectivity index (χ4n) is 3.05. The van der Waals surface area contributed by atoms with E-state index >= 15 is 0 Å². The number of aldehydes is 1. The van der Waals surface area contributed by atoms with Crippen LogP contribution in [0.5, 0.6) is 0 Å². The molecule has 0 aromatic rings. The van der Waals surface area contributed by atoms with Gasteiger partial charge in [-0.2, -0.15) is 0 Å². The first-order chi connectivity index (χ1) is 6.42. The Balaban J connectivity index is 1.98. The zero-order chi connectivity index (χ0) is 9.10. The summed E-state index contributed by atoms with van der Waals surface area (Å²) in [7, 11) is 0. The van der Waals surface area contributed by atoms with E-state index in [2.05, 4.69) is 4.90 Å². The van der Waals surface area contributed by atoms with Crippen molar-refractivity contribution in [2.24, 2.45) is 5.92 Å². The summed E-state index contributed by atoms with van der Waals surface area (Å²) in [5.74, 6) is 0.905. The van der Waals surface area contributed by atoms with Gasteiger partial charge in [-0.25, -0.2) is 0 Å². The van der Waals surface area contributed by atoms with Crippen LogP contribution in [0.3, 0.4) is 0 Å². The van der Waals surface area contributed by atoms with Gasteiger partial charge in [0.2, 0.25) is 0 Å². The van der Waals surface area contributed by atoms with E-state index in [1.165, 1.54) is 38.5 Å². The lowest BCUT2D eigenvalue weighted by Crippen LogP contribution is -2.47. The predicted molar refractivity (Wildman–Crippen MR) is 52.6 cm³/mol. The molecule has 0 radical (unpaired) electrons. The van der Waals surface area contributed by atoms with Crippen LogP contribution in [0.2, 0.25) is 0 Å². The molecule has 2 fully saturated rings. The van der Waals surface area contributed by atoms with Gasteiger partial charge in [0.1, 0.15) is 6.29 Å². The third-order valence-electron chi connectivity index (χ3n) is 3.67. The summed E-state index contributed by atoms with van der Waals surface area (Å²) < 4.78 is 0. The topological polar surface area (TPSA) is 20.3 Å². The molecule has 2 nitrogen and oxygen atoms in total. The molecule has 74 valence electrons. The lowest BCUT2D eigenvalue weighted by atomic mass is 9.78. The van der Waals surface area contributed by atoms with Crippen LogP contribution in [0, 0.1) is 5.92 Å². The molecular weight excluding hydrogens is 162 g/mol. The fourth-order valence-corrected chi connectivity index (χ4v) is 3.05. The molecule has 2 heteroatoms. The van der Waals surface area contributed by atoms with E-state index in [0.717, 1.165) is 24.8 Å². The van der Waals surface area contributed by atoms with E-state index in [0.29, 0.717) is 6.54 Å². The Bertz CT molecular complexity index is 179. The largest absolute Gasteiger partial charge is 0.302 e. The summed E-state index contributed by atoms with van der Waals surface area (Å²) in [6.07, 6.45) is 9.29. The SMILES string of the molecule is O=CCN1CCCC2CCCCC21. The van der Waals surface area contributed by atoms with Crippen molar-refractivity contribution in [1.29, 1.82) is 0 Å². The first-order valence-electron chi connectivity index (χ1n) is 5.59. The molecule has 2 rings (SSSR count). The van der Waals surface area contributed by atoms with Gasteiger partial charge in [-0.1, -0.05) is 12.8 Å². The van der Waals surface area contributed by atoms with Gasteiger partial charge in [0.15, 0.2) is 0 Å². The van der Waals surface area contributed by atoms with E-state index in [-0.39, 0.29) is 0 Å². The number of nitrogens with zero attached hydrogens (tertiary/aromatic N) is 1. The molecule has 1 aliphatic carbocycles. The second-order valence-electron chi connectivity index (χ2n) is 4.42. The quantitative estimate of drug-likeness (QED) is 0.606. The van der Waals surface area contributed by atoms with E-state index in [1.807, 2.05) is 0 Å². The zero-order valence-electron chi connectivity index (χ0n) is 8.24. The minimum Gasteiger partial charge on any atom is -0.302 e. The molecule has 0 aromatic heterocycles. The van der Waals surface area contributed by atoms with E-state index in [4.69, 9.17) is 0 Å². The van der Waals surface area contributed by atoms with Crippen LogP contribution in [-0.4, -0.2) is 30.3 Å². The predicted octanol–water partition coefficient (Wildman–Crippen LogP) is 1.84. The molecule has 0 aromatic carbocycles. The number of carbonyl (C=O) groups is 1. The molecule has 2 aliphatic rings. The Labute approximate surface area is 80.3 Å². The molecule has 0 amide bonds. The van der Waals surface area contributed by atoms with Gasteiger partial charge in [-0.15, -0.1) is 0 Å². The molecule has 1 heterocycles. The average Bonchev–Trinajstić information content (AvgIpc) is 2.19. The van der Waals surface area contributed by atoms with E-state index in [9.17, 15) is 4.79 Å². The van der Waals surface area contributed by atoms with Gasteiger partial charge in [-0.05, 0) is 38.1 Å². The number of rotatable bonds is 2. The van der Waals surface area contributed by atoms with Crippen LogP contribution < -0.4 is 0 Å². The number of fused-ring (bicyclic) bond motifs is 1. The van der Waals surface area contributed by atoms with Gasteiger partial charge in [0.05, 0.1) is 6.54 Å². The van der Waals surface area contributed by atoms with Crippen molar-refractivity contribution >= 4 is 6.29 Å². The smallest absolute Gasteiger partial charge is 0.133 e. The molecule has 2 unspecified atom stereocenters. The number of hydrogen-bond acceptors (Lipinski definition) is 2. The molecule has 13 heavy (non-hydrogen) atoms. The molecule has 1 saturated carbocycles. The second-order valence-corrected chi connectivity index (χ2v) is 4.42. The second kappa shape index (κ2) is 4.23. The van der Waals surface area contributed by atoms with Crippen molar-refractivity contribution in [2.75, 3.05) is 13.1 Å². The average molecular weight is 181 g/mol. The number of carbonyl (C=O) groups excluding carboxylic acids is 1. The van der Waals surface area contributed by atoms with Crippen LogP contribution in [0.15, 0.2) is 0 Å². The molecule has 2 atom stereocenters. The lowest BCUT2D eigenvalue weighted by Gasteiger charge is -2.43. The Morgan fingerprint density at radius 2 is 1.92 bits per heavy atom. The van der Waals surface area contributed by atoms with E-state index < -0.39 is 0 Å². The zero-order valence-corrected chi connectivity index (χ0v) is 8.24. The summed E-state index contributed by atoms with van der Waals surface area (Å²) in [6, 6.07) is 0.743. The summed E-state index contributed by atoms with van der Waals surface area (Å²) in [5.41, 5.74) is 0. The molecule has 0 spiro atoms. The summed E-state index contributed by atoms with van der Waals surface area (Å²) in [6.45, 7) is 1.82. The van der Waals surface area contributed by atoms with Crippen LogP contribution in [0.4, 0.5) is 0 Å². The highest BCUT2D eigenvalue weighted by molar-refractivity contribution is 5.52. The van der Waals surface area contributed by atoms with Gasteiger partial charge < -0.3 is 4.79 Å². The Hall–Kier alpha value is -0.370. The monoisotopic (exact) mass is 181 g/mol. The van der Waals surface area contributed by atoms with Gasteiger partial charge >= 0.3 is 0 Å². The minimum absolute atomic E-state index is 0.668. The highest BCUT2D eigenvalue weighted by atomic mass is 16.1. The Kier molecular flexibility index (Phi) is 2.99. The maximum Gasteiger partial charge on any atom is 0.133 e. The molecular formula is C11H19NO. The third-order valence-corrected chi connectivity index (χ3v) is 3.67. The summed E-state index contributed by atoms with van der Waals surface area (Å²) in [4.78, 5) is 12.9. The number of hydrogen-bond donors (Lipinski definition) is 0. The minimum atomic E-state index is 0.668. The highest BCUT2D eigenvalue weighted by Crippen LogP contribution is 2.34. The van der Waals surface area contributed by atoms with Gasteiger partial charge in [0.25, 0.3) is 0 Å². The maximum absolute atomic E-state index is 10.5. The normalized spacial score (nSPS) is 35.4. The standard InChI is InChI=1S/C11H19NO/c13-9-8-12-7-3-5-10-4-1-2-6-11(10)12/h9-11H,1-8H2.